The quantitative estimate of drug-likeness (QED) is 0.0646. The molecule has 14 nitrogen and oxygen atoms in total. The van der Waals surface area contributed by atoms with Gasteiger partial charge in [0.2, 0.25) is 9.49 Å². The fourth-order valence-electron chi connectivity index (χ4n) is 3.58. The number of ether oxygens (including phenoxy) is 2. The molecule has 0 aromatic rings. The standard InChI is InChI=1S/2C12H22O7S.Na/c2*1-3-5-6-7-8-19-11(15)12(4-2,9-10(13)14)20(16,17)18;/h2*3-9H2,1-2H3,(H,13,14)(H,16,17,18);. The summed E-state index contributed by atoms with van der Waals surface area (Å²) in [6, 6.07) is 0. The summed E-state index contributed by atoms with van der Waals surface area (Å²) >= 11 is 0. The van der Waals surface area contributed by atoms with Crippen LogP contribution < -0.4 is 0 Å². The maximum Gasteiger partial charge on any atom is 0.330 e. The van der Waals surface area contributed by atoms with Crippen molar-refractivity contribution in [3.8, 4) is 0 Å². The minimum absolute atomic E-state index is 0. The van der Waals surface area contributed by atoms with Gasteiger partial charge in [0.05, 0.1) is 26.1 Å². The number of aliphatic carboxylic acids is 2. The van der Waals surface area contributed by atoms with Crippen molar-refractivity contribution in [2.75, 3.05) is 13.2 Å². The van der Waals surface area contributed by atoms with Crippen LogP contribution in [-0.2, 0) is 48.9 Å². The van der Waals surface area contributed by atoms with Gasteiger partial charge in [0.25, 0.3) is 20.2 Å². The molecule has 0 spiro atoms. The Bertz CT molecular complexity index is 947. The molecule has 41 heavy (non-hydrogen) atoms. The molecule has 0 aliphatic rings. The first kappa shape index (κ1) is 44.1. The van der Waals surface area contributed by atoms with Crippen LogP contribution in [0.2, 0.25) is 0 Å². The SMILES string of the molecule is CCCCCCOC(=O)C(CC)(CC(=O)O)S(=O)(=O)O.CCCCCCOC(=O)C(CC)(CC(=O)O)S(=O)(=O)O.[Na]. The molecule has 1 radical (unpaired) electrons. The Kier molecular flexibility index (Phi) is 23.0. The van der Waals surface area contributed by atoms with Gasteiger partial charge >= 0.3 is 23.9 Å². The third kappa shape index (κ3) is 15.1. The Morgan fingerprint density at radius 3 is 1.07 bits per heavy atom. The molecule has 0 aromatic heterocycles. The van der Waals surface area contributed by atoms with Gasteiger partial charge in [-0.3, -0.25) is 28.3 Å². The van der Waals surface area contributed by atoms with Crippen molar-refractivity contribution in [1.29, 1.82) is 0 Å². The molecule has 0 saturated carbocycles. The van der Waals surface area contributed by atoms with Crippen LogP contribution in [0.15, 0.2) is 0 Å². The third-order valence-corrected chi connectivity index (χ3v) is 9.38. The third-order valence-electron chi connectivity index (χ3n) is 6.21. The molecular formula is C24H44NaO14S2. The predicted molar refractivity (Wildman–Crippen MR) is 150 cm³/mol. The second-order valence-electron chi connectivity index (χ2n) is 9.18. The first-order chi connectivity index (χ1) is 18.4. The molecule has 2 atom stereocenters. The maximum atomic E-state index is 11.9. The van der Waals surface area contributed by atoms with E-state index in [0.29, 0.717) is 12.8 Å². The maximum absolute atomic E-state index is 11.9. The summed E-state index contributed by atoms with van der Waals surface area (Å²) in [5.41, 5.74) is 0. The zero-order chi connectivity index (χ0) is 31.6. The molecule has 0 amide bonds. The number of carboxylic acid groups (broad SMARTS) is 2. The number of carbonyl (C=O) groups excluding carboxylic acids is 2. The summed E-state index contributed by atoms with van der Waals surface area (Å²) in [6.07, 6.45) is 3.93. The van der Waals surface area contributed by atoms with Crippen LogP contribution in [0.25, 0.3) is 0 Å². The van der Waals surface area contributed by atoms with Crippen molar-refractivity contribution < 1.29 is 64.8 Å². The van der Waals surface area contributed by atoms with Crippen molar-refractivity contribution in [3.05, 3.63) is 0 Å². The number of hydrogen-bond acceptors (Lipinski definition) is 10. The van der Waals surface area contributed by atoms with E-state index in [1.165, 1.54) is 13.8 Å². The normalized spacial score (nSPS) is 14.2. The van der Waals surface area contributed by atoms with E-state index in [4.69, 9.17) is 19.7 Å². The first-order valence-corrected chi connectivity index (χ1v) is 16.0. The van der Waals surface area contributed by atoms with Gasteiger partial charge in [0.15, 0.2) is 0 Å². The molecule has 0 rings (SSSR count). The van der Waals surface area contributed by atoms with Crippen molar-refractivity contribution in [2.24, 2.45) is 0 Å². The molecule has 237 valence electrons. The smallest absolute Gasteiger partial charge is 0.330 e. The Hall–Kier alpha value is -1.30. The van der Waals surface area contributed by atoms with Gasteiger partial charge < -0.3 is 19.7 Å². The van der Waals surface area contributed by atoms with Crippen LogP contribution in [0.5, 0.6) is 0 Å². The minimum Gasteiger partial charge on any atom is -0.481 e. The van der Waals surface area contributed by atoms with E-state index in [-0.39, 0.29) is 55.6 Å². The van der Waals surface area contributed by atoms with Gasteiger partial charge in [0.1, 0.15) is 0 Å². The second kappa shape index (κ2) is 21.4. The molecule has 0 aliphatic heterocycles. The molecule has 0 aliphatic carbocycles. The molecule has 0 heterocycles. The number of carbonyl (C=O) groups is 4. The van der Waals surface area contributed by atoms with Crippen molar-refractivity contribution >= 4 is 73.7 Å². The van der Waals surface area contributed by atoms with Crippen molar-refractivity contribution in [2.45, 2.75) is 114 Å². The van der Waals surface area contributed by atoms with Crippen molar-refractivity contribution in [1.82, 2.24) is 0 Å². The van der Waals surface area contributed by atoms with Gasteiger partial charge in [-0.2, -0.15) is 16.8 Å². The summed E-state index contributed by atoms with van der Waals surface area (Å²) in [5, 5.41) is 17.5. The summed E-state index contributed by atoms with van der Waals surface area (Å²) in [5.74, 6) is -5.40. The van der Waals surface area contributed by atoms with Crippen LogP contribution >= 0.6 is 0 Å². The number of unbranched alkanes of at least 4 members (excludes halogenated alkanes) is 6. The van der Waals surface area contributed by atoms with E-state index >= 15 is 0 Å². The van der Waals surface area contributed by atoms with Gasteiger partial charge in [-0.1, -0.05) is 66.2 Å². The molecule has 0 saturated heterocycles. The molecule has 17 heteroatoms. The molecule has 4 N–H and O–H groups in total. The van der Waals surface area contributed by atoms with E-state index in [1.807, 2.05) is 13.8 Å². The topological polar surface area (TPSA) is 236 Å². The zero-order valence-electron chi connectivity index (χ0n) is 24.6. The van der Waals surface area contributed by atoms with E-state index in [9.17, 15) is 45.1 Å². The Morgan fingerprint density at radius 1 is 0.585 bits per heavy atom. The fraction of sp³-hybridized carbons (Fsp3) is 0.833. The summed E-state index contributed by atoms with van der Waals surface area (Å²) < 4.78 is 68.8. The molecular weight excluding hydrogens is 599 g/mol. The van der Waals surface area contributed by atoms with Crippen LogP contribution in [0.4, 0.5) is 0 Å². The van der Waals surface area contributed by atoms with Gasteiger partial charge in [-0.15, -0.1) is 0 Å². The van der Waals surface area contributed by atoms with E-state index < -0.39 is 66.4 Å². The Labute approximate surface area is 264 Å². The van der Waals surface area contributed by atoms with Crippen molar-refractivity contribution in [3.63, 3.8) is 0 Å². The second-order valence-corrected chi connectivity index (χ2v) is 12.6. The molecule has 0 bridgehead atoms. The minimum atomic E-state index is -4.87. The van der Waals surface area contributed by atoms with E-state index in [1.54, 1.807) is 0 Å². The Balaban J connectivity index is -0.000000688. The average Bonchev–Trinajstić information content (AvgIpc) is 2.83. The molecule has 0 fully saturated rings. The summed E-state index contributed by atoms with van der Waals surface area (Å²) in [6.45, 7) is 6.67. The van der Waals surface area contributed by atoms with E-state index in [2.05, 4.69) is 0 Å². The monoisotopic (exact) mass is 643 g/mol. The molecule has 2 unspecified atom stereocenters. The zero-order valence-corrected chi connectivity index (χ0v) is 28.2. The van der Waals surface area contributed by atoms with Crippen LogP contribution in [0.3, 0.4) is 0 Å². The summed E-state index contributed by atoms with van der Waals surface area (Å²) in [4.78, 5) is 45.3. The number of carboxylic acids is 2. The van der Waals surface area contributed by atoms with Crippen LogP contribution in [0, 0.1) is 0 Å². The fourth-order valence-corrected chi connectivity index (χ4v) is 5.46. The molecule has 0 aromatic carbocycles. The average molecular weight is 644 g/mol. The summed E-state index contributed by atoms with van der Waals surface area (Å²) in [7, 11) is -9.75. The van der Waals surface area contributed by atoms with Crippen LogP contribution in [0.1, 0.15) is 105 Å². The van der Waals surface area contributed by atoms with Gasteiger partial charge in [-0.25, -0.2) is 0 Å². The largest absolute Gasteiger partial charge is 0.481 e. The number of hydrogen-bond donors (Lipinski definition) is 4. The first-order valence-electron chi connectivity index (χ1n) is 13.1. The predicted octanol–water partition coefficient (Wildman–Crippen LogP) is 2.86. The van der Waals surface area contributed by atoms with Gasteiger partial charge in [-0.05, 0) is 25.7 Å². The number of esters is 2. The number of rotatable bonds is 20. The van der Waals surface area contributed by atoms with E-state index in [0.717, 1.165) is 38.5 Å². The van der Waals surface area contributed by atoms with Gasteiger partial charge in [0, 0.05) is 29.6 Å². The van der Waals surface area contributed by atoms with Crippen LogP contribution in [-0.4, -0.2) is 112 Å². The Morgan fingerprint density at radius 2 is 0.878 bits per heavy atom.